The van der Waals surface area contributed by atoms with Crippen molar-refractivity contribution < 1.29 is 19.1 Å². The number of halogens is 1. The second-order valence-corrected chi connectivity index (χ2v) is 9.51. The lowest BCUT2D eigenvalue weighted by molar-refractivity contribution is 0.0635. The van der Waals surface area contributed by atoms with Crippen LogP contribution < -0.4 is 10.1 Å². The molecule has 1 N–H and O–H groups in total. The van der Waals surface area contributed by atoms with Crippen molar-refractivity contribution in [3.63, 3.8) is 0 Å². The smallest absolute Gasteiger partial charge is 0.412 e. The van der Waals surface area contributed by atoms with Crippen molar-refractivity contribution in [2.24, 2.45) is 0 Å². The van der Waals surface area contributed by atoms with E-state index in [-0.39, 0.29) is 16.4 Å². The SMILES string of the molecule is C=C(Cc1ccc(OCc2ccccc2)nc1C)C(=O)c1cc(NC(=O)OC(C)(C)C)ccc1Cl. The zero-order valence-electron chi connectivity index (χ0n) is 20.4. The van der Waals surface area contributed by atoms with Gasteiger partial charge in [0, 0.05) is 29.4 Å². The van der Waals surface area contributed by atoms with Crippen molar-refractivity contribution in [3.05, 3.63) is 100 Å². The van der Waals surface area contributed by atoms with Gasteiger partial charge in [0.2, 0.25) is 5.88 Å². The maximum absolute atomic E-state index is 13.1. The molecule has 7 heteroatoms. The number of aromatic nitrogens is 1. The summed E-state index contributed by atoms with van der Waals surface area (Å²) in [5.41, 5.74) is 3.01. The first-order valence-corrected chi connectivity index (χ1v) is 11.5. The molecule has 0 saturated carbocycles. The second-order valence-electron chi connectivity index (χ2n) is 9.10. The molecular formula is C28H29ClN2O4. The fourth-order valence-electron chi connectivity index (χ4n) is 3.26. The summed E-state index contributed by atoms with van der Waals surface area (Å²) < 4.78 is 11.0. The highest BCUT2D eigenvalue weighted by molar-refractivity contribution is 6.35. The number of nitrogens with one attached hydrogen (secondary N) is 1. The quantitative estimate of drug-likeness (QED) is 0.272. The Morgan fingerprint density at radius 2 is 1.77 bits per heavy atom. The molecule has 35 heavy (non-hydrogen) atoms. The second kappa shape index (κ2) is 11.2. The Balaban J connectivity index is 1.66. The Kier molecular flexibility index (Phi) is 8.30. The minimum absolute atomic E-state index is 0.249. The summed E-state index contributed by atoms with van der Waals surface area (Å²) in [4.78, 5) is 29.7. The van der Waals surface area contributed by atoms with Gasteiger partial charge in [-0.25, -0.2) is 9.78 Å². The predicted octanol–water partition coefficient (Wildman–Crippen LogP) is 6.95. The zero-order valence-corrected chi connectivity index (χ0v) is 21.1. The van der Waals surface area contributed by atoms with Crippen molar-refractivity contribution in [1.29, 1.82) is 0 Å². The maximum atomic E-state index is 13.1. The molecule has 1 amide bonds. The fraction of sp³-hybridized carbons (Fsp3) is 0.250. The van der Waals surface area contributed by atoms with E-state index in [9.17, 15) is 9.59 Å². The molecule has 0 aliphatic carbocycles. The molecule has 1 heterocycles. The van der Waals surface area contributed by atoms with Gasteiger partial charge < -0.3 is 9.47 Å². The van der Waals surface area contributed by atoms with E-state index in [2.05, 4.69) is 16.9 Å². The number of ether oxygens (including phenoxy) is 2. The summed E-state index contributed by atoms with van der Waals surface area (Å²) in [6, 6.07) is 18.2. The van der Waals surface area contributed by atoms with Crippen molar-refractivity contribution in [2.45, 2.75) is 46.3 Å². The number of amides is 1. The van der Waals surface area contributed by atoms with E-state index in [1.54, 1.807) is 39.0 Å². The summed E-state index contributed by atoms with van der Waals surface area (Å²) in [7, 11) is 0. The Morgan fingerprint density at radius 1 is 1.06 bits per heavy atom. The molecule has 0 fully saturated rings. The molecule has 182 valence electrons. The van der Waals surface area contributed by atoms with Gasteiger partial charge in [0.25, 0.3) is 0 Å². The first-order valence-electron chi connectivity index (χ1n) is 11.2. The number of hydrogen-bond donors (Lipinski definition) is 1. The number of rotatable bonds is 8. The molecule has 0 aliphatic rings. The molecule has 0 bridgehead atoms. The van der Waals surface area contributed by atoms with Gasteiger partial charge in [0.05, 0.1) is 5.02 Å². The van der Waals surface area contributed by atoms with Gasteiger partial charge in [-0.3, -0.25) is 10.1 Å². The summed E-state index contributed by atoms with van der Waals surface area (Å²) >= 11 is 6.28. The van der Waals surface area contributed by atoms with Crippen molar-refractivity contribution in [1.82, 2.24) is 4.98 Å². The molecule has 0 atom stereocenters. The van der Waals surface area contributed by atoms with E-state index >= 15 is 0 Å². The van der Waals surface area contributed by atoms with Gasteiger partial charge in [-0.2, -0.15) is 0 Å². The van der Waals surface area contributed by atoms with Crippen LogP contribution in [0.4, 0.5) is 10.5 Å². The number of ketones is 1. The van der Waals surface area contributed by atoms with Crippen LogP contribution in [0.15, 0.2) is 72.8 Å². The van der Waals surface area contributed by atoms with Gasteiger partial charge in [-0.15, -0.1) is 0 Å². The Hall–Kier alpha value is -3.64. The average Bonchev–Trinajstić information content (AvgIpc) is 2.79. The molecule has 0 radical (unpaired) electrons. The lowest BCUT2D eigenvalue weighted by Crippen LogP contribution is -2.27. The molecule has 3 rings (SSSR count). The van der Waals surface area contributed by atoms with E-state index in [0.717, 1.165) is 16.8 Å². The van der Waals surface area contributed by atoms with E-state index in [1.807, 2.05) is 43.3 Å². The van der Waals surface area contributed by atoms with Crippen molar-refractivity contribution in [3.8, 4) is 5.88 Å². The third kappa shape index (κ3) is 7.69. The molecule has 0 unspecified atom stereocenters. The summed E-state index contributed by atoms with van der Waals surface area (Å²) in [5, 5.41) is 2.89. The highest BCUT2D eigenvalue weighted by atomic mass is 35.5. The van der Waals surface area contributed by atoms with Crippen LogP contribution in [0, 0.1) is 6.92 Å². The lowest BCUT2D eigenvalue weighted by Gasteiger charge is -2.20. The fourth-order valence-corrected chi connectivity index (χ4v) is 3.47. The summed E-state index contributed by atoms with van der Waals surface area (Å²) in [6.45, 7) is 11.6. The zero-order chi connectivity index (χ0) is 25.6. The Morgan fingerprint density at radius 3 is 2.43 bits per heavy atom. The minimum Gasteiger partial charge on any atom is -0.473 e. The number of allylic oxidation sites excluding steroid dienone is 1. The molecular weight excluding hydrogens is 464 g/mol. The number of carbonyl (C=O) groups excluding carboxylic acids is 2. The third-order valence-electron chi connectivity index (χ3n) is 4.98. The molecule has 0 aliphatic heterocycles. The maximum Gasteiger partial charge on any atom is 0.412 e. The number of aryl methyl sites for hydroxylation is 1. The molecule has 6 nitrogen and oxygen atoms in total. The molecule has 0 spiro atoms. The van der Waals surface area contributed by atoms with Crippen molar-refractivity contribution >= 4 is 29.2 Å². The normalized spacial score (nSPS) is 11.0. The number of anilines is 1. The topological polar surface area (TPSA) is 77.5 Å². The Bertz CT molecular complexity index is 1230. The van der Waals surface area contributed by atoms with Crippen LogP contribution in [-0.2, 0) is 17.8 Å². The number of Topliss-reactive ketones (excluding diaryl/α,β-unsaturated/α-hetero) is 1. The summed E-state index contributed by atoms with van der Waals surface area (Å²) in [5.74, 6) is 0.197. The number of hydrogen-bond acceptors (Lipinski definition) is 5. The number of carbonyl (C=O) groups is 2. The van der Waals surface area contributed by atoms with Crippen LogP contribution in [0.1, 0.15) is 48.0 Å². The molecule has 1 aromatic heterocycles. The van der Waals surface area contributed by atoms with Crippen LogP contribution in [0.2, 0.25) is 5.02 Å². The first-order chi connectivity index (χ1) is 16.5. The number of benzene rings is 2. The monoisotopic (exact) mass is 492 g/mol. The van der Waals surface area contributed by atoms with Crippen LogP contribution >= 0.6 is 11.6 Å². The molecule has 3 aromatic rings. The predicted molar refractivity (Wildman–Crippen MR) is 138 cm³/mol. The van der Waals surface area contributed by atoms with Crippen molar-refractivity contribution in [2.75, 3.05) is 5.32 Å². The van der Waals surface area contributed by atoms with Crippen LogP contribution in [0.3, 0.4) is 0 Å². The van der Waals surface area contributed by atoms with E-state index < -0.39 is 11.7 Å². The van der Waals surface area contributed by atoms with Gasteiger partial charge in [0.15, 0.2) is 5.78 Å². The Labute approximate surface area is 210 Å². The number of pyridine rings is 1. The van der Waals surface area contributed by atoms with E-state index in [1.165, 1.54) is 6.07 Å². The number of nitrogens with zero attached hydrogens (tertiary/aromatic N) is 1. The van der Waals surface area contributed by atoms with Gasteiger partial charge in [0.1, 0.15) is 12.2 Å². The van der Waals surface area contributed by atoms with Gasteiger partial charge >= 0.3 is 6.09 Å². The van der Waals surface area contributed by atoms with Crippen LogP contribution in [0.25, 0.3) is 0 Å². The minimum atomic E-state index is -0.641. The standard InChI is InChI=1S/C28H29ClN2O4/c1-18(15-21-11-14-25(30-19(21)2)34-17-20-9-7-6-8-10-20)26(32)23-16-22(12-13-24(23)29)31-27(33)35-28(3,4)5/h6-14,16H,1,15,17H2,2-5H3,(H,31,33). The largest absolute Gasteiger partial charge is 0.473 e. The van der Waals surface area contributed by atoms with Gasteiger partial charge in [-0.05, 0) is 62.6 Å². The molecule has 0 saturated heterocycles. The van der Waals surface area contributed by atoms with E-state index in [0.29, 0.717) is 30.2 Å². The van der Waals surface area contributed by atoms with Crippen LogP contribution in [-0.4, -0.2) is 22.5 Å². The lowest BCUT2D eigenvalue weighted by atomic mass is 9.97. The average molecular weight is 493 g/mol. The van der Waals surface area contributed by atoms with Gasteiger partial charge in [-0.1, -0.05) is 54.6 Å². The molecule has 2 aromatic carbocycles. The highest BCUT2D eigenvalue weighted by Crippen LogP contribution is 2.25. The van der Waals surface area contributed by atoms with E-state index in [4.69, 9.17) is 21.1 Å². The van der Waals surface area contributed by atoms with Crippen LogP contribution in [0.5, 0.6) is 5.88 Å². The highest BCUT2D eigenvalue weighted by Gasteiger charge is 2.19. The summed E-state index contributed by atoms with van der Waals surface area (Å²) in [6.07, 6.45) is -0.315. The third-order valence-corrected chi connectivity index (χ3v) is 5.31. The first kappa shape index (κ1) is 26.0.